The molecule has 5 rings (SSSR count). The van der Waals surface area contributed by atoms with E-state index in [1.165, 1.54) is 0 Å². The first-order valence-electron chi connectivity index (χ1n) is 11.6. The molecular formula is C26H26F2N6O2. The zero-order chi connectivity index (χ0) is 25.4. The van der Waals surface area contributed by atoms with Gasteiger partial charge in [-0.2, -0.15) is 5.10 Å². The number of ether oxygens (including phenoxy) is 1. The third-order valence-electron chi connectivity index (χ3n) is 6.52. The molecule has 2 amide bonds. The summed E-state index contributed by atoms with van der Waals surface area (Å²) < 4.78 is 38.9. The molecule has 0 spiro atoms. The number of hydrogen-bond donors (Lipinski definition) is 2. The number of hydrogen-bond acceptors (Lipinski definition) is 4. The van der Waals surface area contributed by atoms with Crippen molar-refractivity contribution in [2.75, 3.05) is 25.6 Å². The lowest BCUT2D eigenvalue weighted by molar-refractivity contribution is 0.182. The van der Waals surface area contributed by atoms with E-state index in [9.17, 15) is 9.18 Å². The number of carbonyl (C=O) groups excluding carboxylic acids is 1. The molecule has 2 aromatic carbocycles. The number of rotatable bonds is 7. The van der Waals surface area contributed by atoms with Crippen molar-refractivity contribution in [1.82, 2.24) is 24.6 Å². The van der Waals surface area contributed by atoms with Gasteiger partial charge in [0.05, 0.1) is 48.8 Å². The molecule has 0 saturated carbocycles. The SMILES string of the molecule is COCCn1nc(C)c(-c2cc(F)c(NC(=O)NCC3c4ccccc4-c4cncn43)cc2F)c1C. The van der Waals surface area contributed by atoms with Crippen LogP contribution in [0.4, 0.5) is 19.3 Å². The normalized spacial score (nSPS) is 14.0. The van der Waals surface area contributed by atoms with Crippen molar-refractivity contribution in [1.29, 1.82) is 0 Å². The van der Waals surface area contributed by atoms with E-state index in [0.29, 0.717) is 30.1 Å². The lowest BCUT2D eigenvalue weighted by Gasteiger charge is -2.16. The molecule has 2 aromatic heterocycles. The molecule has 186 valence electrons. The van der Waals surface area contributed by atoms with Crippen molar-refractivity contribution in [2.45, 2.75) is 26.4 Å². The molecule has 0 radical (unpaired) electrons. The first-order valence-corrected chi connectivity index (χ1v) is 11.6. The van der Waals surface area contributed by atoms with Crippen LogP contribution in [0.15, 0.2) is 48.9 Å². The molecule has 0 aliphatic carbocycles. The van der Waals surface area contributed by atoms with Crippen molar-refractivity contribution in [3.8, 4) is 22.4 Å². The maximum Gasteiger partial charge on any atom is 0.319 e. The minimum atomic E-state index is -0.743. The highest BCUT2D eigenvalue weighted by Crippen LogP contribution is 2.38. The zero-order valence-electron chi connectivity index (χ0n) is 20.2. The van der Waals surface area contributed by atoms with Crippen LogP contribution in [0, 0.1) is 25.5 Å². The van der Waals surface area contributed by atoms with Gasteiger partial charge in [0.25, 0.3) is 0 Å². The third kappa shape index (κ3) is 4.13. The molecule has 0 saturated heterocycles. The fourth-order valence-electron chi connectivity index (χ4n) is 4.81. The van der Waals surface area contributed by atoms with Gasteiger partial charge in [0.1, 0.15) is 11.6 Å². The van der Waals surface area contributed by atoms with Crippen LogP contribution >= 0.6 is 0 Å². The van der Waals surface area contributed by atoms with Crippen LogP contribution in [-0.2, 0) is 11.3 Å². The molecule has 36 heavy (non-hydrogen) atoms. The van der Waals surface area contributed by atoms with Gasteiger partial charge in [0.15, 0.2) is 0 Å². The number of anilines is 1. The summed E-state index contributed by atoms with van der Waals surface area (Å²) >= 11 is 0. The number of methoxy groups -OCH3 is 1. The summed E-state index contributed by atoms with van der Waals surface area (Å²) in [5, 5.41) is 9.61. The monoisotopic (exact) mass is 492 g/mol. The van der Waals surface area contributed by atoms with E-state index in [4.69, 9.17) is 4.74 Å². The van der Waals surface area contributed by atoms with Gasteiger partial charge in [-0.05, 0) is 25.5 Å². The number of aromatic nitrogens is 4. The summed E-state index contributed by atoms with van der Waals surface area (Å²) in [5.74, 6) is -1.40. The van der Waals surface area contributed by atoms with Gasteiger partial charge in [0.2, 0.25) is 0 Å². The quantitative estimate of drug-likeness (QED) is 0.392. The van der Waals surface area contributed by atoms with Crippen molar-refractivity contribution < 1.29 is 18.3 Å². The Bertz CT molecular complexity index is 1440. The number of fused-ring (bicyclic) bond motifs is 3. The van der Waals surface area contributed by atoms with E-state index in [0.717, 1.165) is 29.0 Å². The van der Waals surface area contributed by atoms with Gasteiger partial charge < -0.3 is 19.9 Å². The number of nitrogens with one attached hydrogen (secondary N) is 2. The van der Waals surface area contributed by atoms with Crippen LogP contribution in [0.1, 0.15) is 23.0 Å². The van der Waals surface area contributed by atoms with E-state index in [1.807, 2.05) is 28.8 Å². The van der Waals surface area contributed by atoms with Gasteiger partial charge in [-0.3, -0.25) is 4.68 Å². The predicted molar refractivity (Wildman–Crippen MR) is 132 cm³/mol. The maximum absolute atomic E-state index is 15.1. The summed E-state index contributed by atoms with van der Waals surface area (Å²) in [7, 11) is 1.59. The first kappa shape index (κ1) is 23.7. The van der Waals surface area contributed by atoms with Crippen molar-refractivity contribution in [2.24, 2.45) is 0 Å². The Morgan fingerprint density at radius 1 is 1.14 bits per heavy atom. The zero-order valence-corrected chi connectivity index (χ0v) is 20.2. The van der Waals surface area contributed by atoms with Crippen LogP contribution in [-0.4, -0.2) is 45.6 Å². The van der Waals surface area contributed by atoms with Crippen LogP contribution < -0.4 is 10.6 Å². The van der Waals surface area contributed by atoms with E-state index in [1.54, 1.807) is 38.2 Å². The number of aryl methyl sites for hydroxylation is 1. The number of imidazole rings is 1. The molecule has 1 aliphatic rings. The highest BCUT2D eigenvalue weighted by molar-refractivity contribution is 5.90. The highest BCUT2D eigenvalue weighted by Gasteiger charge is 2.28. The number of urea groups is 1. The van der Waals surface area contributed by atoms with E-state index in [2.05, 4.69) is 20.7 Å². The molecule has 1 unspecified atom stereocenters. The van der Waals surface area contributed by atoms with Crippen LogP contribution in [0.5, 0.6) is 0 Å². The smallest absolute Gasteiger partial charge is 0.319 e. The number of nitrogens with zero attached hydrogens (tertiary/aromatic N) is 4. The number of amides is 2. The summed E-state index contributed by atoms with van der Waals surface area (Å²) in [6.07, 6.45) is 3.50. The topological polar surface area (TPSA) is 86.0 Å². The Morgan fingerprint density at radius 3 is 2.75 bits per heavy atom. The second-order valence-corrected chi connectivity index (χ2v) is 8.70. The minimum Gasteiger partial charge on any atom is -0.383 e. The number of carbonyl (C=O) groups is 1. The molecule has 2 N–H and O–H groups in total. The summed E-state index contributed by atoms with van der Waals surface area (Å²) in [6, 6.07) is 9.21. The van der Waals surface area contributed by atoms with Crippen LogP contribution in [0.3, 0.4) is 0 Å². The Labute approximate surface area is 206 Å². The number of halogens is 2. The van der Waals surface area contributed by atoms with Gasteiger partial charge in [-0.25, -0.2) is 18.6 Å². The largest absolute Gasteiger partial charge is 0.383 e. The molecule has 8 nitrogen and oxygen atoms in total. The lowest BCUT2D eigenvalue weighted by Crippen LogP contribution is -2.33. The second kappa shape index (κ2) is 9.54. The third-order valence-corrected chi connectivity index (χ3v) is 6.52. The predicted octanol–water partition coefficient (Wildman–Crippen LogP) is 4.68. The average molecular weight is 493 g/mol. The van der Waals surface area contributed by atoms with E-state index < -0.39 is 17.7 Å². The molecule has 4 aromatic rings. The molecule has 0 bridgehead atoms. The summed E-state index contributed by atoms with van der Waals surface area (Å²) in [6.45, 7) is 4.75. The van der Waals surface area contributed by atoms with Gasteiger partial charge >= 0.3 is 6.03 Å². The van der Waals surface area contributed by atoms with Crippen LogP contribution in [0.2, 0.25) is 0 Å². The van der Waals surface area contributed by atoms with Gasteiger partial charge in [-0.1, -0.05) is 24.3 Å². The fraction of sp³-hybridized carbons (Fsp3) is 0.269. The Morgan fingerprint density at radius 2 is 1.94 bits per heavy atom. The second-order valence-electron chi connectivity index (χ2n) is 8.70. The molecule has 10 heteroatoms. The Balaban J connectivity index is 1.31. The minimum absolute atomic E-state index is 0.0901. The molecule has 1 atom stereocenters. The first-order chi connectivity index (χ1) is 17.4. The van der Waals surface area contributed by atoms with Crippen LogP contribution in [0.25, 0.3) is 22.4 Å². The lowest BCUT2D eigenvalue weighted by atomic mass is 10.0. The van der Waals surface area contributed by atoms with Gasteiger partial charge in [0, 0.05) is 42.1 Å². The maximum atomic E-state index is 15.1. The van der Waals surface area contributed by atoms with E-state index in [-0.39, 0.29) is 23.8 Å². The summed E-state index contributed by atoms with van der Waals surface area (Å²) in [4.78, 5) is 16.8. The highest BCUT2D eigenvalue weighted by atomic mass is 19.1. The van der Waals surface area contributed by atoms with Crippen molar-refractivity contribution in [3.05, 3.63) is 77.5 Å². The standard InChI is InChI=1S/C26H26F2N6O2/c1-15-25(16(2)34(32-15)8-9-36-3)19-10-21(28)22(11-20(19)27)31-26(35)30-13-24-18-7-5-4-6-17(18)23-12-29-14-33(23)24/h4-7,10-12,14,24H,8-9,13H2,1-3H3,(H2,30,31,35). The molecule has 0 fully saturated rings. The Hall–Kier alpha value is -4.05. The average Bonchev–Trinajstić information content (AvgIpc) is 3.52. The van der Waals surface area contributed by atoms with Crippen molar-refractivity contribution in [3.63, 3.8) is 0 Å². The molecule has 1 aliphatic heterocycles. The van der Waals surface area contributed by atoms with E-state index >= 15 is 4.39 Å². The molecular weight excluding hydrogens is 466 g/mol. The van der Waals surface area contributed by atoms with Crippen molar-refractivity contribution >= 4 is 11.7 Å². The number of benzene rings is 2. The fourth-order valence-corrected chi connectivity index (χ4v) is 4.81. The van der Waals surface area contributed by atoms with Gasteiger partial charge in [-0.15, -0.1) is 0 Å². The summed E-state index contributed by atoms with van der Waals surface area (Å²) in [5.41, 5.74) is 4.74. The Kier molecular flexibility index (Phi) is 6.27. The molecule has 3 heterocycles.